The Bertz CT molecular complexity index is 1550. The third-order valence-electron chi connectivity index (χ3n) is 5.47. The summed E-state index contributed by atoms with van der Waals surface area (Å²) in [5, 5.41) is 28.7. The van der Waals surface area contributed by atoms with E-state index < -0.39 is 6.23 Å². The third-order valence-corrected chi connectivity index (χ3v) is 11.2. The molecule has 8 nitrogen and oxygen atoms in total. The zero-order valence-corrected chi connectivity index (χ0v) is 38.4. The molecule has 4 rings (SSSR count). The standard InChI is InChI=1S/C15H14I3NO2.C14H11I4NO3.CH2O/c1-8(19)4-9-5-12(17)15(13(18)6-9)21-10-2-3-14(20)11(16)7-10;15-8-4-7(5-9(16)13(8)21)22-14-10(17)1-6(2-11(14)18)3-12(19)20;1-2/h2-3,5-8,20H,4,19H2,1H3;1-2,4-5,12,20-21H,3,19H2;1H2. The molecule has 0 aromatic heterocycles. The van der Waals surface area contributed by atoms with Gasteiger partial charge in [0.05, 0.1) is 25.0 Å². The molecule has 0 radical (unpaired) electrons. The molecule has 0 aliphatic heterocycles. The molecule has 0 saturated heterocycles. The number of aliphatic hydroxyl groups excluding tert-OH is 1. The zero-order valence-electron chi connectivity index (χ0n) is 23.3. The van der Waals surface area contributed by atoms with Crippen LogP contribution in [-0.2, 0) is 17.6 Å². The number of phenols is 2. The summed E-state index contributed by atoms with van der Waals surface area (Å²) in [5.41, 5.74) is 13.5. The van der Waals surface area contributed by atoms with E-state index in [4.69, 9.17) is 25.7 Å². The van der Waals surface area contributed by atoms with E-state index in [2.05, 4.69) is 170 Å². The van der Waals surface area contributed by atoms with E-state index >= 15 is 0 Å². The van der Waals surface area contributed by atoms with Gasteiger partial charge in [-0.3, -0.25) is 0 Å². The van der Waals surface area contributed by atoms with Crippen molar-refractivity contribution < 1.29 is 29.6 Å². The van der Waals surface area contributed by atoms with Gasteiger partial charge in [-0.05, 0) is 237 Å². The number of hydrogen-bond acceptors (Lipinski definition) is 8. The number of ether oxygens (including phenoxy) is 2. The highest BCUT2D eigenvalue weighted by Gasteiger charge is 2.14. The normalized spacial score (nSPS) is 11.8. The van der Waals surface area contributed by atoms with Gasteiger partial charge in [0.25, 0.3) is 0 Å². The molecule has 0 heterocycles. The summed E-state index contributed by atoms with van der Waals surface area (Å²) in [6.07, 6.45) is 0.392. The largest absolute Gasteiger partial charge is 0.507 e. The fourth-order valence-electron chi connectivity index (χ4n) is 3.66. The summed E-state index contributed by atoms with van der Waals surface area (Å²) >= 11 is 15.2. The van der Waals surface area contributed by atoms with Crippen molar-refractivity contribution in [2.24, 2.45) is 11.5 Å². The lowest BCUT2D eigenvalue weighted by Crippen LogP contribution is -2.21. The Kier molecular flexibility index (Phi) is 19.0. The van der Waals surface area contributed by atoms with E-state index in [9.17, 15) is 15.3 Å². The van der Waals surface area contributed by atoms with Crippen LogP contribution in [0.15, 0.2) is 54.6 Å². The second-order valence-corrected chi connectivity index (χ2v) is 17.4. The predicted molar refractivity (Wildman–Crippen MR) is 237 cm³/mol. The van der Waals surface area contributed by atoms with Gasteiger partial charge >= 0.3 is 0 Å². The molecule has 2 atom stereocenters. The number of halogens is 7. The van der Waals surface area contributed by atoms with Gasteiger partial charge in [-0.25, -0.2) is 0 Å². The number of carbonyl (C=O) groups excluding carboxylic acids is 1. The number of aromatic hydroxyl groups is 2. The molecule has 4 aromatic carbocycles. The molecule has 0 bridgehead atoms. The number of aliphatic hydroxyl groups is 1. The van der Waals surface area contributed by atoms with Crippen LogP contribution in [0.1, 0.15) is 18.1 Å². The van der Waals surface area contributed by atoms with Gasteiger partial charge in [-0.15, -0.1) is 0 Å². The number of benzene rings is 4. The summed E-state index contributed by atoms with van der Waals surface area (Å²) in [6.45, 7) is 4.00. The maximum Gasteiger partial charge on any atom is 0.154 e. The number of nitrogens with two attached hydrogens (primary N) is 2. The van der Waals surface area contributed by atoms with Crippen molar-refractivity contribution in [3.63, 3.8) is 0 Å². The Hall–Kier alpha value is 0.740. The average Bonchev–Trinajstić information content (AvgIpc) is 2.94. The van der Waals surface area contributed by atoms with Crippen LogP contribution in [0.25, 0.3) is 0 Å². The lowest BCUT2D eigenvalue weighted by molar-refractivity contribution is -0.0980. The first-order chi connectivity index (χ1) is 21.1. The third kappa shape index (κ3) is 13.5. The minimum atomic E-state index is -0.862. The lowest BCUT2D eigenvalue weighted by Gasteiger charge is -2.14. The highest BCUT2D eigenvalue weighted by molar-refractivity contribution is 14.1. The number of hydrogen-bond donors (Lipinski definition) is 5. The van der Waals surface area contributed by atoms with Crippen molar-refractivity contribution in [2.45, 2.75) is 32.0 Å². The summed E-state index contributed by atoms with van der Waals surface area (Å²) in [4.78, 5) is 8.00. The fourth-order valence-corrected chi connectivity index (χ4v) is 10.1. The van der Waals surface area contributed by atoms with Crippen LogP contribution in [0.3, 0.4) is 0 Å². The summed E-state index contributed by atoms with van der Waals surface area (Å²) in [6, 6.07) is 17.1. The molecule has 0 fully saturated rings. The van der Waals surface area contributed by atoms with Gasteiger partial charge in [0.15, 0.2) is 11.5 Å². The molecule has 15 heteroatoms. The van der Waals surface area contributed by atoms with Crippen molar-refractivity contribution in [1.82, 2.24) is 0 Å². The minimum absolute atomic E-state index is 0.141. The highest BCUT2D eigenvalue weighted by atomic mass is 127. The molecule has 242 valence electrons. The van der Waals surface area contributed by atoms with Crippen LogP contribution in [0.2, 0.25) is 0 Å². The Balaban J connectivity index is 0.000000297. The van der Waals surface area contributed by atoms with Crippen molar-refractivity contribution in [1.29, 1.82) is 0 Å². The quantitative estimate of drug-likeness (QED) is 0.0868. The van der Waals surface area contributed by atoms with Gasteiger partial charge in [-0.2, -0.15) is 0 Å². The van der Waals surface area contributed by atoms with Crippen molar-refractivity contribution >= 4 is 165 Å². The molecule has 0 amide bonds. The fraction of sp³-hybridized carbons (Fsp3) is 0.167. The number of phenolic OH excluding ortho intramolecular Hbond substituents is 2. The van der Waals surface area contributed by atoms with Gasteiger partial charge in [0.2, 0.25) is 0 Å². The Labute approximate surface area is 357 Å². The van der Waals surface area contributed by atoms with Crippen LogP contribution >= 0.6 is 158 Å². The van der Waals surface area contributed by atoms with Crippen molar-refractivity contribution in [2.75, 3.05) is 0 Å². The highest BCUT2D eigenvalue weighted by Crippen LogP contribution is 2.37. The molecule has 0 aliphatic rings. The monoisotopic (exact) mass is 1400 g/mol. The van der Waals surface area contributed by atoms with Crippen LogP contribution in [0.5, 0.6) is 34.5 Å². The maximum atomic E-state index is 9.82. The molecule has 0 saturated carbocycles. The minimum Gasteiger partial charge on any atom is -0.507 e. The van der Waals surface area contributed by atoms with E-state index in [1.165, 1.54) is 5.56 Å². The van der Waals surface area contributed by atoms with Gasteiger partial charge in [0.1, 0.15) is 36.0 Å². The van der Waals surface area contributed by atoms with Crippen LogP contribution in [0.4, 0.5) is 0 Å². The molecule has 0 aliphatic carbocycles. The SMILES string of the molecule is C=O.CC(N)Cc1cc(I)c(Oc2ccc(O)c(I)c2)c(I)c1.NC(O)Cc1cc(I)c(Oc2cc(I)c(O)c(I)c2)c(I)c1. The van der Waals surface area contributed by atoms with Gasteiger partial charge in [-0.1, -0.05) is 0 Å². The van der Waals surface area contributed by atoms with Crippen molar-refractivity contribution in [3.05, 3.63) is 90.7 Å². The molecule has 7 N–H and O–H groups in total. The molecular formula is C30H27I7N2O6. The van der Waals surface area contributed by atoms with Crippen LogP contribution in [0, 0.1) is 25.0 Å². The Morgan fingerprint density at radius 3 is 1.44 bits per heavy atom. The molecule has 4 aromatic rings. The number of carbonyl (C=O) groups is 1. The Morgan fingerprint density at radius 1 is 0.644 bits per heavy atom. The second-order valence-electron chi connectivity index (χ2n) is 9.28. The second kappa shape index (κ2) is 20.4. The van der Waals surface area contributed by atoms with Gasteiger partial charge < -0.3 is 41.1 Å². The summed E-state index contributed by atoms with van der Waals surface area (Å²) < 4.78 is 18.2. The van der Waals surface area contributed by atoms with Crippen LogP contribution < -0.4 is 20.9 Å². The Morgan fingerprint density at radius 2 is 1.04 bits per heavy atom. The maximum absolute atomic E-state index is 9.82. The van der Waals surface area contributed by atoms with E-state index in [1.807, 2.05) is 31.9 Å². The van der Waals surface area contributed by atoms with Crippen LogP contribution in [-0.4, -0.2) is 34.4 Å². The van der Waals surface area contributed by atoms with Crippen molar-refractivity contribution in [3.8, 4) is 34.5 Å². The topological polar surface area (TPSA) is 148 Å². The first-order valence-corrected chi connectivity index (χ1v) is 20.2. The molecule has 0 spiro atoms. The first kappa shape index (κ1) is 41.9. The number of rotatable bonds is 8. The summed E-state index contributed by atoms with van der Waals surface area (Å²) in [7, 11) is 0. The first-order valence-electron chi connectivity index (χ1n) is 12.6. The molecular weight excluding hydrogens is 1370 g/mol. The van der Waals surface area contributed by atoms with E-state index in [-0.39, 0.29) is 17.5 Å². The average molecular weight is 1400 g/mol. The van der Waals surface area contributed by atoms with E-state index in [0.717, 1.165) is 48.5 Å². The smallest absolute Gasteiger partial charge is 0.154 e. The van der Waals surface area contributed by atoms with E-state index in [0.29, 0.717) is 17.9 Å². The summed E-state index contributed by atoms with van der Waals surface area (Å²) in [5.74, 6) is 3.52. The van der Waals surface area contributed by atoms with Gasteiger partial charge in [0, 0.05) is 12.5 Å². The molecule has 2 unspecified atom stereocenters. The molecule has 45 heavy (non-hydrogen) atoms. The zero-order chi connectivity index (χ0) is 34.0. The predicted octanol–water partition coefficient (Wildman–Crippen LogP) is 9.13. The lowest BCUT2D eigenvalue weighted by atomic mass is 10.1. The van der Waals surface area contributed by atoms with E-state index in [1.54, 1.807) is 24.3 Å².